The molecule has 1 aromatic heterocycles. The standard InChI is InChI=1S/C16H25N3OS/c1-16(3-5-17-6-4-16)15(20)19-9-7-18(8-10-19)12-14-2-11-21-13-14/h2,11,13,17H,3-10,12H2,1H3. The summed E-state index contributed by atoms with van der Waals surface area (Å²) < 4.78 is 0. The first-order valence-electron chi connectivity index (χ1n) is 7.91. The average molecular weight is 307 g/mol. The number of nitrogens with one attached hydrogen (secondary N) is 1. The van der Waals surface area contributed by atoms with Crippen molar-refractivity contribution in [1.29, 1.82) is 0 Å². The van der Waals surface area contributed by atoms with Gasteiger partial charge in [-0.2, -0.15) is 11.3 Å². The zero-order valence-corrected chi connectivity index (χ0v) is 13.6. The third-order valence-electron chi connectivity index (χ3n) is 4.87. The highest BCUT2D eigenvalue weighted by Gasteiger charge is 2.38. The Labute approximate surface area is 131 Å². The Morgan fingerprint density at radius 1 is 1.29 bits per heavy atom. The highest BCUT2D eigenvalue weighted by atomic mass is 32.1. The Hall–Kier alpha value is -0.910. The lowest BCUT2D eigenvalue weighted by Crippen LogP contribution is -2.54. The van der Waals surface area contributed by atoms with Crippen molar-refractivity contribution in [2.75, 3.05) is 39.3 Å². The van der Waals surface area contributed by atoms with Crippen molar-refractivity contribution in [2.24, 2.45) is 5.41 Å². The maximum Gasteiger partial charge on any atom is 0.228 e. The van der Waals surface area contributed by atoms with Gasteiger partial charge >= 0.3 is 0 Å². The average Bonchev–Trinajstić information content (AvgIpc) is 3.01. The first kappa shape index (κ1) is 15.0. The molecule has 4 nitrogen and oxygen atoms in total. The van der Waals surface area contributed by atoms with E-state index in [0.717, 1.165) is 58.7 Å². The van der Waals surface area contributed by atoms with Gasteiger partial charge in [0.1, 0.15) is 0 Å². The van der Waals surface area contributed by atoms with Crippen LogP contribution in [0, 0.1) is 5.41 Å². The van der Waals surface area contributed by atoms with E-state index in [2.05, 4.69) is 38.9 Å². The second-order valence-electron chi connectivity index (χ2n) is 6.51. The lowest BCUT2D eigenvalue weighted by Gasteiger charge is -2.41. The number of piperazine rings is 1. The molecule has 2 fully saturated rings. The molecule has 3 heterocycles. The zero-order valence-electron chi connectivity index (χ0n) is 12.8. The normalized spacial score (nSPS) is 23.2. The summed E-state index contributed by atoms with van der Waals surface area (Å²) in [5, 5.41) is 7.70. The van der Waals surface area contributed by atoms with E-state index in [1.165, 1.54) is 5.56 Å². The van der Waals surface area contributed by atoms with Crippen molar-refractivity contribution in [3.63, 3.8) is 0 Å². The monoisotopic (exact) mass is 307 g/mol. The molecule has 0 aliphatic carbocycles. The molecule has 0 saturated carbocycles. The molecule has 0 radical (unpaired) electrons. The Morgan fingerprint density at radius 3 is 2.62 bits per heavy atom. The minimum Gasteiger partial charge on any atom is -0.340 e. The molecule has 3 rings (SSSR count). The van der Waals surface area contributed by atoms with E-state index < -0.39 is 0 Å². The second-order valence-corrected chi connectivity index (χ2v) is 7.29. The maximum atomic E-state index is 12.8. The van der Waals surface area contributed by atoms with E-state index >= 15 is 0 Å². The van der Waals surface area contributed by atoms with Gasteiger partial charge in [0.05, 0.1) is 0 Å². The molecule has 2 aliphatic rings. The minimum absolute atomic E-state index is 0.138. The Balaban J connectivity index is 1.52. The molecule has 0 spiro atoms. The topological polar surface area (TPSA) is 35.6 Å². The highest BCUT2D eigenvalue weighted by molar-refractivity contribution is 7.07. The smallest absolute Gasteiger partial charge is 0.228 e. The largest absolute Gasteiger partial charge is 0.340 e. The first-order chi connectivity index (χ1) is 10.2. The van der Waals surface area contributed by atoms with Gasteiger partial charge in [0.15, 0.2) is 0 Å². The lowest BCUT2D eigenvalue weighted by molar-refractivity contribution is -0.144. The van der Waals surface area contributed by atoms with Crippen molar-refractivity contribution in [2.45, 2.75) is 26.3 Å². The fraction of sp³-hybridized carbons (Fsp3) is 0.688. The van der Waals surface area contributed by atoms with E-state index in [1.54, 1.807) is 11.3 Å². The lowest BCUT2D eigenvalue weighted by atomic mass is 9.79. The van der Waals surface area contributed by atoms with Gasteiger partial charge in [-0.05, 0) is 48.3 Å². The number of rotatable bonds is 3. The summed E-state index contributed by atoms with van der Waals surface area (Å²) in [6, 6.07) is 2.19. The number of hydrogen-bond acceptors (Lipinski definition) is 4. The quantitative estimate of drug-likeness (QED) is 0.925. The van der Waals surface area contributed by atoms with Crippen LogP contribution in [0.3, 0.4) is 0 Å². The zero-order chi connectivity index (χ0) is 14.7. The summed E-state index contributed by atoms with van der Waals surface area (Å²) in [7, 11) is 0. The molecule has 1 N–H and O–H groups in total. The molecule has 0 atom stereocenters. The van der Waals surface area contributed by atoms with Crippen molar-refractivity contribution >= 4 is 17.2 Å². The summed E-state index contributed by atoms with van der Waals surface area (Å²) in [6.07, 6.45) is 1.95. The van der Waals surface area contributed by atoms with Crippen LogP contribution >= 0.6 is 11.3 Å². The molecule has 1 aromatic rings. The van der Waals surface area contributed by atoms with E-state index in [0.29, 0.717) is 5.91 Å². The molecular formula is C16H25N3OS. The third-order valence-corrected chi connectivity index (χ3v) is 5.60. The van der Waals surface area contributed by atoms with Crippen LogP contribution in [-0.2, 0) is 11.3 Å². The molecule has 21 heavy (non-hydrogen) atoms. The molecule has 0 bridgehead atoms. The number of amides is 1. The summed E-state index contributed by atoms with van der Waals surface area (Å²) in [5.41, 5.74) is 1.26. The molecular weight excluding hydrogens is 282 g/mol. The SMILES string of the molecule is CC1(C(=O)N2CCN(Cc3ccsc3)CC2)CCNCC1. The van der Waals surface area contributed by atoms with Crippen LogP contribution in [0.15, 0.2) is 16.8 Å². The fourth-order valence-electron chi connectivity index (χ4n) is 3.32. The minimum atomic E-state index is -0.138. The van der Waals surface area contributed by atoms with Gasteiger partial charge < -0.3 is 10.2 Å². The molecule has 0 unspecified atom stereocenters. The van der Waals surface area contributed by atoms with E-state index in [1.807, 2.05) is 0 Å². The number of carbonyl (C=O) groups excluding carboxylic acids is 1. The molecule has 1 amide bonds. The predicted octanol–water partition coefficient (Wildman–Crippen LogP) is 1.78. The predicted molar refractivity (Wildman–Crippen MR) is 86.4 cm³/mol. The molecule has 5 heteroatoms. The highest BCUT2D eigenvalue weighted by Crippen LogP contribution is 2.30. The van der Waals surface area contributed by atoms with Crippen LogP contribution in [0.4, 0.5) is 0 Å². The van der Waals surface area contributed by atoms with Crippen molar-refractivity contribution in [3.05, 3.63) is 22.4 Å². The van der Waals surface area contributed by atoms with E-state index in [4.69, 9.17) is 0 Å². The van der Waals surface area contributed by atoms with Crippen LogP contribution in [0.2, 0.25) is 0 Å². The Bertz CT molecular complexity index is 460. The fourth-order valence-corrected chi connectivity index (χ4v) is 3.98. The number of hydrogen-bond donors (Lipinski definition) is 1. The van der Waals surface area contributed by atoms with Crippen LogP contribution < -0.4 is 5.32 Å². The van der Waals surface area contributed by atoms with Crippen molar-refractivity contribution < 1.29 is 4.79 Å². The van der Waals surface area contributed by atoms with Gasteiger partial charge in [-0.3, -0.25) is 9.69 Å². The van der Waals surface area contributed by atoms with Crippen molar-refractivity contribution in [1.82, 2.24) is 15.1 Å². The van der Waals surface area contributed by atoms with E-state index in [-0.39, 0.29) is 5.41 Å². The first-order valence-corrected chi connectivity index (χ1v) is 8.85. The van der Waals surface area contributed by atoms with Gasteiger partial charge in [-0.25, -0.2) is 0 Å². The number of thiophene rings is 1. The van der Waals surface area contributed by atoms with Crippen LogP contribution in [0.25, 0.3) is 0 Å². The Kier molecular flexibility index (Phi) is 4.62. The number of nitrogens with zero attached hydrogens (tertiary/aromatic N) is 2. The van der Waals surface area contributed by atoms with E-state index in [9.17, 15) is 4.79 Å². The van der Waals surface area contributed by atoms with Gasteiger partial charge in [-0.15, -0.1) is 0 Å². The summed E-state index contributed by atoms with van der Waals surface area (Å²) in [4.78, 5) is 17.3. The molecule has 2 saturated heterocycles. The summed E-state index contributed by atoms with van der Waals surface area (Å²) in [5.74, 6) is 0.374. The summed E-state index contributed by atoms with van der Waals surface area (Å²) in [6.45, 7) is 8.87. The second kappa shape index (κ2) is 6.46. The number of carbonyl (C=O) groups is 1. The van der Waals surface area contributed by atoms with Crippen LogP contribution in [-0.4, -0.2) is 55.0 Å². The maximum absolute atomic E-state index is 12.8. The van der Waals surface area contributed by atoms with Gasteiger partial charge in [0.25, 0.3) is 0 Å². The van der Waals surface area contributed by atoms with Gasteiger partial charge in [-0.1, -0.05) is 6.92 Å². The van der Waals surface area contributed by atoms with Crippen molar-refractivity contribution in [3.8, 4) is 0 Å². The third kappa shape index (κ3) is 3.47. The Morgan fingerprint density at radius 2 is 2.00 bits per heavy atom. The van der Waals surface area contributed by atoms with Gasteiger partial charge in [0.2, 0.25) is 5.91 Å². The number of piperidine rings is 1. The van der Waals surface area contributed by atoms with Gasteiger partial charge in [0, 0.05) is 38.1 Å². The molecule has 0 aromatic carbocycles. The summed E-state index contributed by atoms with van der Waals surface area (Å²) >= 11 is 1.75. The van der Waals surface area contributed by atoms with Crippen LogP contribution in [0.5, 0.6) is 0 Å². The van der Waals surface area contributed by atoms with Crippen LogP contribution in [0.1, 0.15) is 25.3 Å². The molecule has 2 aliphatic heterocycles. The molecule has 116 valence electrons.